The summed E-state index contributed by atoms with van der Waals surface area (Å²) in [6, 6.07) is 0. The van der Waals surface area contributed by atoms with E-state index in [-0.39, 0.29) is 13.0 Å². The Labute approximate surface area is 77.4 Å². The van der Waals surface area contributed by atoms with Gasteiger partial charge in [-0.2, -0.15) is 0 Å². The van der Waals surface area contributed by atoms with Crippen LogP contribution in [0, 0.1) is 0 Å². The average Bonchev–Trinajstić information content (AvgIpc) is 2.17. The Hall–Kier alpha value is -0.940. The van der Waals surface area contributed by atoms with E-state index in [2.05, 4.69) is 5.32 Å². The summed E-state index contributed by atoms with van der Waals surface area (Å²) in [6.45, 7) is 1.81. The Morgan fingerprint density at radius 3 is 2.23 bits per heavy atom. The third-order valence-corrected chi connectivity index (χ3v) is 1.53. The molecule has 5 heteroatoms. The number of ketones is 1. The molecule has 0 aromatic heterocycles. The number of nitrogens with one attached hydrogen (secondary N) is 1. The van der Waals surface area contributed by atoms with Gasteiger partial charge in [-0.15, -0.1) is 0 Å². The molecule has 76 valence electrons. The minimum Gasteiger partial charge on any atom is -0.354 e. The minimum atomic E-state index is -0.596. The van der Waals surface area contributed by atoms with Crippen molar-refractivity contribution in [3.05, 3.63) is 0 Å². The van der Waals surface area contributed by atoms with Gasteiger partial charge < -0.3 is 14.8 Å². The van der Waals surface area contributed by atoms with Crippen LogP contribution in [0.4, 0.5) is 0 Å². The molecule has 0 aromatic rings. The van der Waals surface area contributed by atoms with Gasteiger partial charge in [-0.1, -0.05) is 6.92 Å². The molecule has 0 spiro atoms. The van der Waals surface area contributed by atoms with E-state index in [0.29, 0.717) is 0 Å². The summed E-state index contributed by atoms with van der Waals surface area (Å²) in [7, 11) is 2.92. The molecule has 0 saturated carbocycles. The highest BCUT2D eigenvalue weighted by molar-refractivity contribution is 6.36. The van der Waals surface area contributed by atoms with Crippen molar-refractivity contribution in [2.24, 2.45) is 0 Å². The van der Waals surface area contributed by atoms with Gasteiger partial charge in [0.05, 0.1) is 6.54 Å². The van der Waals surface area contributed by atoms with Crippen LogP contribution >= 0.6 is 0 Å². The highest BCUT2D eigenvalue weighted by Crippen LogP contribution is 1.88. The zero-order valence-corrected chi connectivity index (χ0v) is 8.12. The van der Waals surface area contributed by atoms with Crippen LogP contribution in [0.1, 0.15) is 13.3 Å². The second-order valence-electron chi connectivity index (χ2n) is 2.39. The second-order valence-corrected chi connectivity index (χ2v) is 2.39. The van der Waals surface area contributed by atoms with Gasteiger partial charge in [-0.05, 0) is 0 Å². The summed E-state index contributed by atoms with van der Waals surface area (Å²) in [4.78, 5) is 21.7. The minimum absolute atomic E-state index is 0.178. The van der Waals surface area contributed by atoms with Gasteiger partial charge in [-0.3, -0.25) is 9.59 Å². The quantitative estimate of drug-likeness (QED) is 0.460. The van der Waals surface area contributed by atoms with E-state index >= 15 is 0 Å². The largest absolute Gasteiger partial charge is 0.354 e. The van der Waals surface area contributed by atoms with Crippen molar-refractivity contribution in [3.63, 3.8) is 0 Å². The maximum absolute atomic E-state index is 10.9. The molecule has 0 unspecified atom stereocenters. The fourth-order valence-electron chi connectivity index (χ4n) is 0.698. The topological polar surface area (TPSA) is 64.6 Å². The fourth-order valence-corrected chi connectivity index (χ4v) is 0.698. The molecule has 0 aliphatic rings. The highest BCUT2D eigenvalue weighted by atomic mass is 16.7. The molecule has 0 saturated heterocycles. The summed E-state index contributed by atoms with van der Waals surface area (Å²) in [5.41, 5.74) is 0. The van der Waals surface area contributed by atoms with E-state index in [0.717, 1.165) is 0 Å². The highest BCUT2D eigenvalue weighted by Gasteiger charge is 2.12. The van der Waals surface area contributed by atoms with Gasteiger partial charge >= 0.3 is 0 Å². The molecular formula is C8H15NO4. The van der Waals surface area contributed by atoms with Gasteiger partial charge in [0.25, 0.3) is 5.91 Å². The van der Waals surface area contributed by atoms with Crippen LogP contribution < -0.4 is 5.32 Å². The fraction of sp³-hybridized carbons (Fsp3) is 0.750. The molecule has 1 amide bonds. The van der Waals surface area contributed by atoms with E-state index < -0.39 is 18.0 Å². The lowest BCUT2D eigenvalue weighted by atomic mass is 10.3. The maximum Gasteiger partial charge on any atom is 0.287 e. The number of ether oxygens (including phenoxy) is 2. The molecule has 0 radical (unpaired) electrons. The van der Waals surface area contributed by atoms with E-state index in [4.69, 9.17) is 9.47 Å². The first-order valence-electron chi connectivity index (χ1n) is 4.02. The summed E-state index contributed by atoms with van der Waals surface area (Å²) in [5.74, 6) is -1.03. The van der Waals surface area contributed by atoms with Crippen molar-refractivity contribution in [2.75, 3.05) is 20.8 Å². The van der Waals surface area contributed by atoms with E-state index in [1.165, 1.54) is 14.2 Å². The lowest BCUT2D eigenvalue weighted by Crippen LogP contribution is -2.37. The number of rotatable bonds is 6. The average molecular weight is 189 g/mol. The molecular weight excluding hydrogens is 174 g/mol. The first-order chi connectivity index (χ1) is 6.15. The molecule has 13 heavy (non-hydrogen) atoms. The molecule has 0 aromatic carbocycles. The van der Waals surface area contributed by atoms with Crippen LogP contribution in [0.5, 0.6) is 0 Å². The summed E-state index contributed by atoms with van der Waals surface area (Å²) in [5, 5.41) is 2.40. The van der Waals surface area contributed by atoms with Crippen molar-refractivity contribution >= 4 is 11.7 Å². The molecule has 0 rings (SSSR count). The predicted octanol–water partition coefficient (Wildman–Crippen LogP) is -0.299. The number of methoxy groups -OCH3 is 2. The van der Waals surface area contributed by atoms with Gasteiger partial charge in [0.2, 0.25) is 5.78 Å². The maximum atomic E-state index is 10.9. The summed E-state index contributed by atoms with van der Waals surface area (Å²) < 4.78 is 9.63. The van der Waals surface area contributed by atoms with Crippen LogP contribution in [0.2, 0.25) is 0 Å². The standard InChI is InChI=1S/C8H15NO4/c1-4-6(10)8(11)9-5-7(12-2)13-3/h7H,4-5H2,1-3H3,(H,9,11). The Kier molecular flexibility index (Phi) is 6.09. The van der Waals surface area contributed by atoms with Crippen LogP contribution in [-0.2, 0) is 19.1 Å². The van der Waals surface area contributed by atoms with E-state index in [1.54, 1.807) is 6.92 Å². The molecule has 0 bridgehead atoms. The van der Waals surface area contributed by atoms with E-state index in [9.17, 15) is 9.59 Å². The predicted molar refractivity (Wildman–Crippen MR) is 46.1 cm³/mol. The van der Waals surface area contributed by atoms with Crippen molar-refractivity contribution in [1.29, 1.82) is 0 Å². The van der Waals surface area contributed by atoms with E-state index in [1.807, 2.05) is 0 Å². The zero-order chi connectivity index (χ0) is 10.3. The molecule has 5 nitrogen and oxygen atoms in total. The van der Waals surface area contributed by atoms with Crippen LogP contribution in [0.15, 0.2) is 0 Å². The smallest absolute Gasteiger partial charge is 0.287 e. The second kappa shape index (κ2) is 6.56. The Balaban J connectivity index is 3.74. The normalized spacial score (nSPS) is 10.2. The number of hydrogen-bond donors (Lipinski definition) is 1. The first kappa shape index (κ1) is 12.1. The molecule has 1 N–H and O–H groups in total. The molecule has 0 aliphatic heterocycles. The van der Waals surface area contributed by atoms with Gasteiger partial charge in [-0.25, -0.2) is 0 Å². The Morgan fingerprint density at radius 1 is 1.31 bits per heavy atom. The lowest BCUT2D eigenvalue weighted by molar-refractivity contribution is -0.140. The summed E-state index contributed by atoms with van der Waals surface area (Å²) >= 11 is 0. The van der Waals surface area contributed by atoms with Gasteiger partial charge in [0, 0.05) is 20.6 Å². The third kappa shape index (κ3) is 4.59. The third-order valence-electron chi connectivity index (χ3n) is 1.53. The Morgan fingerprint density at radius 2 is 1.85 bits per heavy atom. The van der Waals surface area contributed by atoms with Crippen molar-refractivity contribution < 1.29 is 19.1 Å². The molecule has 0 fully saturated rings. The van der Waals surface area contributed by atoms with Crippen molar-refractivity contribution in [1.82, 2.24) is 5.32 Å². The number of hydrogen-bond acceptors (Lipinski definition) is 4. The van der Waals surface area contributed by atoms with Crippen molar-refractivity contribution in [3.8, 4) is 0 Å². The number of amides is 1. The van der Waals surface area contributed by atoms with Crippen molar-refractivity contribution in [2.45, 2.75) is 19.6 Å². The summed E-state index contributed by atoms with van der Waals surface area (Å²) in [6.07, 6.45) is -0.301. The zero-order valence-electron chi connectivity index (χ0n) is 8.12. The van der Waals surface area contributed by atoms with Crippen LogP contribution in [0.3, 0.4) is 0 Å². The lowest BCUT2D eigenvalue weighted by Gasteiger charge is -2.13. The number of Topliss-reactive ketones (excluding diaryl/α,β-unsaturated/α-hetero) is 1. The van der Waals surface area contributed by atoms with Gasteiger partial charge in [0.1, 0.15) is 0 Å². The van der Waals surface area contributed by atoms with Crippen LogP contribution in [-0.4, -0.2) is 38.7 Å². The SMILES string of the molecule is CCC(=O)C(=O)NCC(OC)OC. The Bertz CT molecular complexity index is 177. The molecule has 0 aliphatic carbocycles. The molecule has 0 atom stereocenters. The molecule has 0 heterocycles. The number of carbonyl (C=O) groups excluding carboxylic acids is 2. The first-order valence-corrected chi connectivity index (χ1v) is 4.02. The number of carbonyl (C=O) groups is 2. The van der Waals surface area contributed by atoms with Crippen LogP contribution in [0.25, 0.3) is 0 Å². The monoisotopic (exact) mass is 189 g/mol. The van der Waals surface area contributed by atoms with Gasteiger partial charge in [0.15, 0.2) is 6.29 Å².